The summed E-state index contributed by atoms with van der Waals surface area (Å²) in [5, 5.41) is 3.95. The van der Waals surface area contributed by atoms with Gasteiger partial charge in [-0.2, -0.15) is 0 Å². The second kappa shape index (κ2) is 5.29. The summed E-state index contributed by atoms with van der Waals surface area (Å²) in [4.78, 5) is 2.47. The van der Waals surface area contributed by atoms with Crippen molar-refractivity contribution in [3.8, 4) is 0 Å². The van der Waals surface area contributed by atoms with Crippen molar-refractivity contribution in [2.75, 3.05) is 12.3 Å². The number of nitrogens with zero attached hydrogens (tertiary/aromatic N) is 2. The Morgan fingerprint density at radius 1 is 1.35 bits per heavy atom. The molecule has 0 fully saturated rings. The molecule has 2 aromatic rings. The van der Waals surface area contributed by atoms with Crippen LogP contribution in [0.15, 0.2) is 34.9 Å². The molecule has 20 heavy (non-hydrogen) atoms. The monoisotopic (exact) mass is 271 g/mol. The summed E-state index contributed by atoms with van der Waals surface area (Å²) >= 11 is 0. The van der Waals surface area contributed by atoms with Gasteiger partial charge in [-0.1, -0.05) is 49.3 Å². The van der Waals surface area contributed by atoms with Gasteiger partial charge in [0.2, 0.25) is 0 Å². The minimum Gasteiger partial charge on any atom is -0.381 e. The van der Waals surface area contributed by atoms with E-state index in [0.29, 0.717) is 11.7 Å². The molecule has 0 aliphatic carbocycles. The van der Waals surface area contributed by atoms with E-state index in [2.05, 4.69) is 54.2 Å². The van der Waals surface area contributed by atoms with Crippen LogP contribution >= 0.6 is 0 Å². The largest absolute Gasteiger partial charge is 0.381 e. The Morgan fingerprint density at radius 3 is 2.80 bits per heavy atom. The Balaban J connectivity index is 1.89. The minimum absolute atomic E-state index is 0.253. The number of anilines is 1. The predicted octanol–water partition coefficient (Wildman–Crippen LogP) is 3.01. The second-order valence-corrected chi connectivity index (χ2v) is 5.81. The molecule has 106 valence electrons. The molecule has 1 aromatic heterocycles. The van der Waals surface area contributed by atoms with E-state index >= 15 is 0 Å². The quantitative estimate of drug-likeness (QED) is 0.932. The highest BCUT2D eigenvalue weighted by molar-refractivity contribution is 5.43. The maximum absolute atomic E-state index is 5.90. The van der Waals surface area contributed by atoms with Gasteiger partial charge in [0.15, 0.2) is 11.6 Å². The normalized spacial score (nSPS) is 19.2. The highest BCUT2D eigenvalue weighted by Crippen LogP contribution is 2.38. The molecule has 1 unspecified atom stereocenters. The molecule has 0 bridgehead atoms. The van der Waals surface area contributed by atoms with E-state index in [1.807, 2.05) is 0 Å². The Hall–Kier alpha value is -1.81. The smallest absolute Gasteiger partial charge is 0.170 e. The van der Waals surface area contributed by atoms with Crippen molar-refractivity contribution < 1.29 is 4.52 Å². The lowest BCUT2D eigenvalue weighted by molar-refractivity contribution is 0.107. The molecule has 2 heterocycles. The van der Waals surface area contributed by atoms with Crippen LogP contribution in [0.4, 0.5) is 5.82 Å². The van der Waals surface area contributed by atoms with Gasteiger partial charge in [-0.15, -0.1) is 0 Å². The Labute approximate surface area is 119 Å². The molecule has 3 rings (SSSR count). The lowest BCUT2D eigenvalue weighted by Crippen LogP contribution is -2.37. The zero-order valence-electron chi connectivity index (χ0n) is 12.0. The number of hydrogen-bond acceptors (Lipinski definition) is 4. The van der Waals surface area contributed by atoms with E-state index in [1.165, 1.54) is 5.56 Å². The molecule has 0 radical (unpaired) electrons. The van der Waals surface area contributed by atoms with E-state index < -0.39 is 0 Å². The van der Waals surface area contributed by atoms with Crippen LogP contribution in [0, 0.1) is 5.92 Å². The van der Waals surface area contributed by atoms with Crippen molar-refractivity contribution in [1.29, 1.82) is 0 Å². The third-order valence-electron chi connectivity index (χ3n) is 4.02. The molecule has 0 spiro atoms. The molecular formula is C16H21N3O. The average Bonchev–Trinajstić information content (AvgIpc) is 2.81. The molecule has 0 saturated heterocycles. The van der Waals surface area contributed by atoms with Crippen LogP contribution in [-0.4, -0.2) is 16.6 Å². The molecule has 1 aliphatic rings. The fourth-order valence-corrected chi connectivity index (χ4v) is 3.10. The molecule has 4 heteroatoms. The number of nitrogens with two attached hydrogens (primary N) is 1. The van der Waals surface area contributed by atoms with Gasteiger partial charge in [0.05, 0.1) is 6.04 Å². The molecule has 0 amide bonds. The minimum atomic E-state index is 0.253. The maximum atomic E-state index is 5.90. The van der Waals surface area contributed by atoms with Crippen LogP contribution in [0.3, 0.4) is 0 Å². The first-order chi connectivity index (χ1) is 9.66. The van der Waals surface area contributed by atoms with Crippen LogP contribution in [0.25, 0.3) is 0 Å². The first kappa shape index (κ1) is 13.2. The zero-order chi connectivity index (χ0) is 14.1. The fraction of sp³-hybridized carbons (Fsp3) is 0.438. The van der Waals surface area contributed by atoms with Gasteiger partial charge in [-0.25, -0.2) is 0 Å². The van der Waals surface area contributed by atoms with Crippen molar-refractivity contribution >= 4 is 5.82 Å². The molecule has 4 nitrogen and oxygen atoms in total. The van der Waals surface area contributed by atoms with E-state index in [9.17, 15) is 0 Å². The summed E-state index contributed by atoms with van der Waals surface area (Å²) in [7, 11) is 0. The number of rotatable bonds is 3. The molecule has 1 aliphatic heterocycles. The number of benzene rings is 1. The summed E-state index contributed by atoms with van der Waals surface area (Å²) in [6.07, 6.45) is 0.917. The van der Waals surface area contributed by atoms with Crippen molar-refractivity contribution in [1.82, 2.24) is 10.1 Å². The van der Waals surface area contributed by atoms with Crippen LogP contribution in [0.2, 0.25) is 0 Å². The third kappa shape index (κ3) is 2.31. The van der Waals surface area contributed by atoms with E-state index in [1.54, 1.807) is 0 Å². The summed E-state index contributed by atoms with van der Waals surface area (Å²) < 4.78 is 5.51. The lowest BCUT2D eigenvalue weighted by atomic mass is 9.91. The standard InChI is InChI=1S/C16H21N3O/c1-11(2)14-15-13(16(17)18-20-15)8-9-19(14)10-12-6-4-3-5-7-12/h3-7,11,14H,8-10H2,1-2H3,(H2,17,18). The van der Waals surface area contributed by atoms with Crippen molar-refractivity contribution in [2.24, 2.45) is 5.92 Å². The molecular weight excluding hydrogens is 250 g/mol. The Kier molecular flexibility index (Phi) is 3.49. The lowest BCUT2D eigenvalue weighted by Gasteiger charge is -2.36. The summed E-state index contributed by atoms with van der Waals surface area (Å²) in [5.41, 5.74) is 8.33. The van der Waals surface area contributed by atoms with Gasteiger partial charge in [-0.05, 0) is 17.9 Å². The SMILES string of the molecule is CC(C)C1c2onc(N)c2CCN1Cc1ccccc1. The van der Waals surface area contributed by atoms with Gasteiger partial charge in [0.25, 0.3) is 0 Å². The van der Waals surface area contributed by atoms with Crippen molar-refractivity contribution in [3.05, 3.63) is 47.2 Å². The molecule has 1 aromatic carbocycles. The highest BCUT2D eigenvalue weighted by Gasteiger charge is 2.34. The number of hydrogen-bond donors (Lipinski definition) is 1. The zero-order valence-corrected chi connectivity index (χ0v) is 12.0. The first-order valence-corrected chi connectivity index (χ1v) is 7.18. The number of aromatic nitrogens is 1. The van der Waals surface area contributed by atoms with Gasteiger partial charge in [0.1, 0.15) is 0 Å². The van der Waals surface area contributed by atoms with Crippen LogP contribution < -0.4 is 5.73 Å². The predicted molar refractivity (Wildman–Crippen MR) is 79.1 cm³/mol. The van der Waals surface area contributed by atoms with Crippen molar-refractivity contribution in [2.45, 2.75) is 32.9 Å². The highest BCUT2D eigenvalue weighted by atomic mass is 16.5. The fourth-order valence-electron chi connectivity index (χ4n) is 3.10. The van der Waals surface area contributed by atoms with Gasteiger partial charge in [0, 0.05) is 18.7 Å². The summed E-state index contributed by atoms with van der Waals surface area (Å²) in [5.74, 6) is 1.98. The molecule has 2 N–H and O–H groups in total. The summed E-state index contributed by atoms with van der Waals surface area (Å²) in [6, 6.07) is 10.8. The van der Waals surface area contributed by atoms with Crippen molar-refractivity contribution in [3.63, 3.8) is 0 Å². The van der Waals surface area contributed by atoms with Gasteiger partial charge >= 0.3 is 0 Å². The van der Waals surface area contributed by atoms with Gasteiger partial charge in [-0.3, -0.25) is 4.90 Å². The Morgan fingerprint density at radius 2 is 2.10 bits per heavy atom. The Bertz CT molecular complexity index is 577. The van der Waals surface area contributed by atoms with Crippen LogP contribution in [-0.2, 0) is 13.0 Å². The topological polar surface area (TPSA) is 55.3 Å². The van der Waals surface area contributed by atoms with E-state index in [0.717, 1.165) is 30.8 Å². The molecule has 1 atom stereocenters. The van der Waals surface area contributed by atoms with E-state index in [4.69, 9.17) is 10.3 Å². The average molecular weight is 271 g/mol. The molecule has 0 saturated carbocycles. The van der Waals surface area contributed by atoms with E-state index in [-0.39, 0.29) is 6.04 Å². The maximum Gasteiger partial charge on any atom is 0.170 e. The third-order valence-corrected chi connectivity index (χ3v) is 4.02. The second-order valence-electron chi connectivity index (χ2n) is 5.81. The number of fused-ring (bicyclic) bond motifs is 1. The van der Waals surface area contributed by atoms with Crippen LogP contribution in [0.5, 0.6) is 0 Å². The van der Waals surface area contributed by atoms with Crippen LogP contribution in [0.1, 0.15) is 36.8 Å². The first-order valence-electron chi connectivity index (χ1n) is 7.18. The van der Waals surface area contributed by atoms with Gasteiger partial charge < -0.3 is 10.3 Å². The number of nitrogen functional groups attached to an aromatic ring is 1. The summed E-state index contributed by atoms with van der Waals surface area (Å²) in [6.45, 7) is 6.37.